The normalized spacial score (nSPS) is 14.5. The number of esters is 1. The topological polar surface area (TPSA) is 55.3 Å². The summed E-state index contributed by atoms with van der Waals surface area (Å²) in [7, 11) is 1.44. The highest BCUT2D eigenvalue weighted by Gasteiger charge is 2.29. The van der Waals surface area contributed by atoms with E-state index in [2.05, 4.69) is 20.9 Å². The van der Waals surface area contributed by atoms with Crippen LogP contribution in [0.15, 0.2) is 36.7 Å². The van der Waals surface area contributed by atoms with E-state index in [1.807, 2.05) is 31.3 Å². The number of aromatic nitrogens is 2. The molecule has 0 saturated carbocycles. The second-order valence-corrected chi connectivity index (χ2v) is 5.64. The molecule has 0 spiro atoms. The van der Waals surface area contributed by atoms with E-state index in [1.165, 1.54) is 7.11 Å². The molecule has 3 rings (SSSR count). The summed E-state index contributed by atoms with van der Waals surface area (Å²) in [5.74, 6) is 0.250. The van der Waals surface area contributed by atoms with Gasteiger partial charge in [-0.3, -0.25) is 14.8 Å². The van der Waals surface area contributed by atoms with Crippen LogP contribution in [0.4, 0.5) is 5.69 Å². The van der Waals surface area contributed by atoms with E-state index in [9.17, 15) is 4.79 Å². The summed E-state index contributed by atoms with van der Waals surface area (Å²) < 4.78 is 4.71. The Hall–Kier alpha value is -2.43. The van der Waals surface area contributed by atoms with Gasteiger partial charge in [-0.05, 0) is 31.2 Å². The molecule has 0 aromatic carbocycles. The summed E-state index contributed by atoms with van der Waals surface area (Å²) in [5, 5.41) is 0. The molecule has 1 fully saturated rings. The Morgan fingerprint density at radius 1 is 1.27 bits per heavy atom. The Balaban J connectivity index is 1.70. The van der Waals surface area contributed by atoms with Crippen LogP contribution in [-0.2, 0) is 9.53 Å². The van der Waals surface area contributed by atoms with E-state index in [1.54, 1.807) is 6.20 Å². The predicted molar refractivity (Wildman–Crippen MR) is 84.5 cm³/mol. The fourth-order valence-electron chi connectivity index (χ4n) is 2.71. The molecule has 1 saturated heterocycles. The van der Waals surface area contributed by atoms with Crippen molar-refractivity contribution in [3.63, 3.8) is 0 Å². The standard InChI is InChI=1S/C17H19N3O2/c1-12-7-14(3-5-18-12)16-9-15(4-6-19-16)20-10-13(11-20)8-17(21)22-2/h3-7,9,13H,8,10-11H2,1-2H3. The first-order chi connectivity index (χ1) is 10.7. The van der Waals surface area contributed by atoms with Crippen molar-refractivity contribution in [2.45, 2.75) is 13.3 Å². The summed E-state index contributed by atoms with van der Waals surface area (Å²) in [6.45, 7) is 3.74. The Labute approximate surface area is 130 Å². The second-order valence-electron chi connectivity index (χ2n) is 5.64. The van der Waals surface area contributed by atoms with Gasteiger partial charge < -0.3 is 9.64 Å². The number of carbonyl (C=O) groups is 1. The molecule has 114 valence electrons. The minimum atomic E-state index is -0.132. The lowest BCUT2D eigenvalue weighted by Crippen LogP contribution is -2.47. The van der Waals surface area contributed by atoms with Crippen molar-refractivity contribution >= 4 is 11.7 Å². The van der Waals surface area contributed by atoms with Crippen molar-refractivity contribution in [1.82, 2.24) is 9.97 Å². The van der Waals surface area contributed by atoms with E-state index in [0.29, 0.717) is 12.3 Å². The van der Waals surface area contributed by atoms with Crippen molar-refractivity contribution in [3.05, 3.63) is 42.4 Å². The van der Waals surface area contributed by atoms with Gasteiger partial charge in [0.2, 0.25) is 0 Å². The number of hydrogen-bond acceptors (Lipinski definition) is 5. The number of pyridine rings is 2. The molecule has 2 aromatic heterocycles. The maximum atomic E-state index is 11.3. The Bertz CT molecular complexity index is 681. The second kappa shape index (κ2) is 6.13. The van der Waals surface area contributed by atoms with Crippen LogP contribution in [-0.4, -0.2) is 36.1 Å². The smallest absolute Gasteiger partial charge is 0.305 e. The average Bonchev–Trinajstić information content (AvgIpc) is 2.50. The molecule has 3 heterocycles. The summed E-state index contributed by atoms with van der Waals surface area (Å²) in [5.41, 5.74) is 4.13. The molecule has 0 aliphatic carbocycles. The monoisotopic (exact) mass is 297 g/mol. The lowest BCUT2D eigenvalue weighted by molar-refractivity contribution is -0.141. The van der Waals surface area contributed by atoms with Gasteiger partial charge in [0, 0.05) is 48.3 Å². The van der Waals surface area contributed by atoms with Gasteiger partial charge in [-0.25, -0.2) is 0 Å². The molecule has 0 unspecified atom stereocenters. The van der Waals surface area contributed by atoms with Gasteiger partial charge in [0.25, 0.3) is 0 Å². The summed E-state index contributed by atoms with van der Waals surface area (Å²) in [4.78, 5) is 22.2. The third kappa shape index (κ3) is 3.08. The fourth-order valence-corrected chi connectivity index (χ4v) is 2.71. The van der Waals surface area contributed by atoms with Crippen LogP contribution in [0.25, 0.3) is 11.3 Å². The molecule has 0 N–H and O–H groups in total. The minimum absolute atomic E-state index is 0.132. The first kappa shape index (κ1) is 14.5. The van der Waals surface area contributed by atoms with Gasteiger partial charge in [0.15, 0.2) is 0 Å². The molecular weight excluding hydrogens is 278 g/mol. The number of ether oxygens (including phenoxy) is 1. The third-order valence-electron chi connectivity index (χ3n) is 3.94. The zero-order chi connectivity index (χ0) is 15.5. The van der Waals surface area contributed by atoms with Crippen LogP contribution < -0.4 is 4.90 Å². The maximum absolute atomic E-state index is 11.3. The number of nitrogens with zero attached hydrogens (tertiary/aromatic N) is 3. The first-order valence-electron chi connectivity index (χ1n) is 7.36. The third-order valence-corrected chi connectivity index (χ3v) is 3.94. The number of hydrogen-bond donors (Lipinski definition) is 0. The van der Waals surface area contributed by atoms with Crippen molar-refractivity contribution in [2.75, 3.05) is 25.1 Å². The Kier molecular flexibility index (Phi) is 4.04. The number of anilines is 1. The van der Waals surface area contributed by atoms with E-state index in [-0.39, 0.29) is 5.97 Å². The largest absolute Gasteiger partial charge is 0.469 e. The van der Waals surface area contributed by atoms with Crippen molar-refractivity contribution < 1.29 is 9.53 Å². The zero-order valence-electron chi connectivity index (χ0n) is 12.8. The Morgan fingerprint density at radius 2 is 2.05 bits per heavy atom. The van der Waals surface area contributed by atoms with Crippen LogP contribution in [0.1, 0.15) is 12.1 Å². The molecular formula is C17H19N3O2. The van der Waals surface area contributed by atoms with Crippen LogP contribution >= 0.6 is 0 Å². The van der Waals surface area contributed by atoms with E-state index >= 15 is 0 Å². The lowest BCUT2D eigenvalue weighted by Gasteiger charge is -2.40. The average molecular weight is 297 g/mol. The number of methoxy groups -OCH3 is 1. The van der Waals surface area contributed by atoms with Crippen molar-refractivity contribution in [3.8, 4) is 11.3 Å². The SMILES string of the molecule is COC(=O)CC1CN(c2ccnc(-c3ccnc(C)c3)c2)C1. The quantitative estimate of drug-likeness (QED) is 0.811. The highest BCUT2D eigenvalue weighted by molar-refractivity contribution is 5.70. The molecule has 1 aliphatic rings. The summed E-state index contributed by atoms with van der Waals surface area (Å²) in [6, 6.07) is 8.09. The molecule has 0 radical (unpaired) electrons. The van der Waals surface area contributed by atoms with Gasteiger partial charge in [-0.1, -0.05) is 0 Å². The minimum Gasteiger partial charge on any atom is -0.469 e. The molecule has 0 amide bonds. The number of carbonyl (C=O) groups excluding carboxylic acids is 1. The van der Waals surface area contributed by atoms with Gasteiger partial charge >= 0.3 is 5.97 Å². The predicted octanol–water partition coefficient (Wildman–Crippen LogP) is 2.45. The molecule has 1 aliphatic heterocycles. The first-order valence-corrected chi connectivity index (χ1v) is 7.36. The van der Waals surface area contributed by atoms with E-state index in [4.69, 9.17) is 4.74 Å². The molecule has 22 heavy (non-hydrogen) atoms. The summed E-state index contributed by atoms with van der Waals surface area (Å²) in [6.07, 6.45) is 4.12. The van der Waals surface area contributed by atoms with Crippen molar-refractivity contribution in [2.24, 2.45) is 5.92 Å². The van der Waals surface area contributed by atoms with Crippen LogP contribution in [0.2, 0.25) is 0 Å². The molecule has 2 aromatic rings. The van der Waals surface area contributed by atoms with Crippen molar-refractivity contribution in [1.29, 1.82) is 0 Å². The van der Waals surface area contributed by atoms with Crippen LogP contribution in [0.5, 0.6) is 0 Å². The number of aryl methyl sites for hydroxylation is 1. The van der Waals surface area contributed by atoms with E-state index < -0.39 is 0 Å². The van der Waals surface area contributed by atoms with Gasteiger partial charge in [0.1, 0.15) is 0 Å². The highest BCUT2D eigenvalue weighted by Crippen LogP contribution is 2.29. The Morgan fingerprint density at radius 3 is 2.77 bits per heavy atom. The lowest BCUT2D eigenvalue weighted by atomic mass is 9.95. The molecule has 0 bridgehead atoms. The zero-order valence-corrected chi connectivity index (χ0v) is 12.8. The molecule has 0 atom stereocenters. The molecule has 5 heteroatoms. The highest BCUT2D eigenvalue weighted by atomic mass is 16.5. The van der Waals surface area contributed by atoms with Crippen LogP contribution in [0.3, 0.4) is 0 Å². The maximum Gasteiger partial charge on any atom is 0.305 e. The molecule has 5 nitrogen and oxygen atoms in total. The summed E-state index contributed by atoms with van der Waals surface area (Å²) >= 11 is 0. The van der Waals surface area contributed by atoms with Gasteiger partial charge in [0.05, 0.1) is 19.2 Å². The van der Waals surface area contributed by atoms with Gasteiger partial charge in [-0.2, -0.15) is 0 Å². The fraction of sp³-hybridized carbons (Fsp3) is 0.353. The van der Waals surface area contributed by atoms with Crippen LogP contribution in [0, 0.1) is 12.8 Å². The van der Waals surface area contributed by atoms with Gasteiger partial charge in [-0.15, -0.1) is 0 Å². The number of rotatable bonds is 4. The van der Waals surface area contributed by atoms with E-state index in [0.717, 1.165) is 35.7 Å².